The second kappa shape index (κ2) is 8.70. The number of aryl methyl sites for hydroxylation is 1. The molecule has 1 aromatic rings. The van der Waals surface area contributed by atoms with E-state index < -0.39 is 0 Å². The Morgan fingerprint density at radius 3 is 2.44 bits per heavy atom. The molecule has 0 unspecified atom stereocenters. The molecule has 0 aromatic heterocycles. The lowest BCUT2D eigenvalue weighted by atomic mass is 10.1. The van der Waals surface area contributed by atoms with Gasteiger partial charge in [0.05, 0.1) is 6.54 Å². The molecule has 0 atom stereocenters. The summed E-state index contributed by atoms with van der Waals surface area (Å²) in [5, 5.41) is 2.97. The van der Waals surface area contributed by atoms with Crippen molar-refractivity contribution in [1.82, 2.24) is 10.2 Å². The molecule has 1 rings (SSSR count). The molecule has 0 saturated carbocycles. The molecule has 0 spiro atoms. The quantitative estimate of drug-likeness (QED) is 0.714. The van der Waals surface area contributed by atoms with Crippen LogP contribution in [-0.2, 0) is 11.2 Å². The molecule has 0 aliphatic heterocycles. The monoisotopic (exact) mass is 248 g/mol. The first-order valence-electron chi connectivity index (χ1n) is 6.79. The van der Waals surface area contributed by atoms with Crippen LogP contribution < -0.4 is 5.32 Å². The van der Waals surface area contributed by atoms with Gasteiger partial charge in [0.25, 0.3) is 0 Å². The molecule has 0 radical (unpaired) electrons. The van der Waals surface area contributed by atoms with Crippen molar-refractivity contribution in [1.29, 1.82) is 0 Å². The number of nitrogens with zero attached hydrogens (tertiary/aromatic N) is 1. The Morgan fingerprint density at radius 1 is 1.17 bits per heavy atom. The van der Waals surface area contributed by atoms with Gasteiger partial charge in [-0.15, -0.1) is 0 Å². The first-order chi connectivity index (χ1) is 8.76. The predicted molar refractivity (Wildman–Crippen MR) is 75.6 cm³/mol. The minimum atomic E-state index is 0.131. The van der Waals surface area contributed by atoms with Gasteiger partial charge in [-0.2, -0.15) is 0 Å². The van der Waals surface area contributed by atoms with Crippen molar-refractivity contribution >= 4 is 5.91 Å². The standard InChI is InChI=1S/C15H24N2O/c1-3-17(4-2)13-15(18)16-12-8-11-14-9-6-5-7-10-14/h5-7,9-10H,3-4,8,11-13H2,1-2H3,(H,16,18). The lowest BCUT2D eigenvalue weighted by molar-refractivity contribution is -0.122. The Labute approximate surface area is 110 Å². The van der Waals surface area contributed by atoms with Gasteiger partial charge < -0.3 is 5.32 Å². The third-order valence-electron chi connectivity index (χ3n) is 3.07. The number of rotatable bonds is 8. The molecule has 0 aliphatic carbocycles. The van der Waals surface area contributed by atoms with Crippen LogP contribution in [-0.4, -0.2) is 37.0 Å². The normalized spacial score (nSPS) is 10.6. The molecule has 0 fully saturated rings. The van der Waals surface area contributed by atoms with E-state index in [2.05, 4.69) is 36.2 Å². The smallest absolute Gasteiger partial charge is 0.234 e. The molecule has 0 bridgehead atoms. The predicted octanol–water partition coefficient (Wildman–Crippen LogP) is 2.08. The van der Waals surface area contributed by atoms with E-state index in [1.54, 1.807) is 0 Å². The van der Waals surface area contributed by atoms with Crippen molar-refractivity contribution in [2.75, 3.05) is 26.2 Å². The maximum absolute atomic E-state index is 11.6. The minimum absolute atomic E-state index is 0.131. The number of carbonyl (C=O) groups excluding carboxylic acids is 1. The number of carbonyl (C=O) groups is 1. The molecule has 3 heteroatoms. The number of likely N-dealkylation sites (N-methyl/N-ethyl adjacent to an activating group) is 1. The van der Waals surface area contributed by atoms with Crippen molar-refractivity contribution in [3.63, 3.8) is 0 Å². The molecule has 0 heterocycles. The second-order valence-corrected chi connectivity index (χ2v) is 4.40. The lowest BCUT2D eigenvalue weighted by Gasteiger charge is -2.17. The largest absolute Gasteiger partial charge is 0.355 e. The Kier molecular flexibility index (Phi) is 7.11. The highest BCUT2D eigenvalue weighted by molar-refractivity contribution is 5.77. The highest BCUT2D eigenvalue weighted by Gasteiger charge is 2.05. The van der Waals surface area contributed by atoms with Crippen LogP contribution in [0.1, 0.15) is 25.8 Å². The Morgan fingerprint density at radius 2 is 1.83 bits per heavy atom. The first-order valence-corrected chi connectivity index (χ1v) is 6.79. The number of amides is 1. The van der Waals surface area contributed by atoms with Gasteiger partial charge in [0.2, 0.25) is 5.91 Å². The fourth-order valence-electron chi connectivity index (χ4n) is 1.87. The third kappa shape index (κ3) is 5.82. The van der Waals surface area contributed by atoms with Crippen molar-refractivity contribution < 1.29 is 4.79 Å². The van der Waals surface area contributed by atoms with Crippen LogP contribution in [0.3, 0.4) is 0 Å². The van der Waals surface area contributed by atoms with Crippen LogP contribution in [0.25, 0.3) is 0 Å². The van der Waals surface area contributed by atoms with Gasteiger partial charge in [-0.1, -0.05) is 44.2 Å². The van der Waals surface area contributed by atoms with E-state index in [1.165, 1.54) is 5.56 Å². The van der Waals surface area contributed by atoms with E-state index in [4.69, 9.17) is 0 Å². The fourth-order valence-corrected chi connectivity index (χ4v) is 1.87. The minimum Gasteiger partial charge on any atom is -0.355 e. The van der Waals surface area contributed by atoms with Gasteiger partial charge in [-0.3, -0.25) is 9.69 Å². The Balaban J connectivity index is 2.12. The van der Waals surface area contributed by atoms with E-state index in [-0.39, 0.29) is 5.91 Å². The molecule has 1 N–H and O–H groups in total. The van der Waals surface area contributed by atoms with Crippen LogP contribution in [0.5, 0.6) is 0 Å². The molecule has 0 aliphatic rings. The molecule has 1 amide bonds. The summed E-state index contributed by atoms with van der Waals surface area (Å²) in [6.07, 6.45) is 2.01. The fraction of sp³-hybridized carbons (Fsp3) is 0.533. The van der Waals surface area contributed by atoms with Crippen molar-refractivity contribution in [3.8, 4) is 0 Å². The SMILES string of the molecule is CCN(CC)CC(=O)NCCCc1ccccc1. The van der Waals surface area contributed by atoms with E-state index in [9.17, 15) is 4.79 Å². The Bertz CT molecular complexity index is 334. The summed E-state index contributed by atoms with van der Waals surface area (Å²) in [5.74, 6) is 0.131. The van der Waals surface area contributed by atoms with E-state index in [0.717, 1.165) is 32.5 Å². The van der Waals surface area contributed by atoms with Crippen LogP contribution in [0.15, 0.2) is 30.3 Å². The molecule has 18 heavy (non-hydrogen) atoms. The van der Waals surface area contributed by atoms with Gasteiger partial charge >= 0.3 is 0 Å². The average Bonchev–Trinajstić information content (AvgIpc) is 2.42. The molecule has 100 valence electrons. The van der Waals surface area contributed by atoms with Crippen LogP contribution in [0.2, 0.25) is 0 Å². The van der Waals surface area contributed by atoms with E-state index >= 15 is 0 Å². The van der Waals surface area contributed by atoms with E-state index in [0.29, 0.717) is 6.54 Å². The van der Waals surface area contributed by atoms with Crippen LogP contribution in [0, 0.1) is 0 Å². The maximum atomic E-state index is 11.6. The maximum Gasteiger partial charge on any atom is 0.234 e. The van der Waals surface area contributed by atoms with Gasteiger partial charge in [0, 0.05) is 6.54 Å². The van der Waals surface area contributed by atoms with Gasteiger partial charge in [-0.05, 0) is 31.5 Å². The van der Waals surface area contributed by atoms with Crippen molar-refractivity contribution in [2.24, 2.45) is 0 Å². The summed E-state index contributed by atoms with van der Waals surface area (Å²) in [5.41, 5.74) is 1.33. The number of benzene rings is 1. The van der Waals surface area contributed by atoms with Gasteiger partial charge in [0.1, 0.15) is 0 Å². The Hall–Kier alpha value is -1.35. The third-order valence-corrected chi connectivity index (χ3v) is 3.07. The highest BCUT2D eigenvalue weighted by atomic mass is 16.2. The number of nitrogens with one attached hydrogen (secondary N) is 1. The zero-order valence-electron chi connectivity index (χ0n) is 11.5. The summed E-state index contributed by atoms with van der Waals surface area (Å²) in [6.45, 7) is 7.27. The lowest BCUT2D eigenvalue weighted by Crippen LogP contribution is -2.37. The topological polar surface area (TPSA) is 32.3 Å². The first kappa shape index (κ1) is 14.7. The molecule has 1 aromatic carbocycles. The van der Waals surface area contributed by atoms with Crippen LogP contribution >= 0.6 is 0 Å². The van der Waals surface area contributed by atoms with Crippen molar-refractivity contribution in [3.05, 3.63) is 35.9 Å². The summed E-state index contributed by atoms with van der Waals surface area (Å²) in [4.78, 5) is 13.7. The van der Waals surface area contributed by atoms with E-state index in [1.807, 2.05) is 18.2 Å². The van der Waals surface area contributed by atoms with Crippen LogP contribution in [0.4, 0.5) is 0 Å². The highest BCUT2D eigenvalue weighted by Crippen LogP contribution is 2.01. The molecule has 3 nitrogen and oxygen atoms in total. The average molecular weight is 248 g/mol. The summed E-state index contributed by atoms with van der Waals surface area (Å²) in [7, 11) is 0. The summed E-state index contributed by atoms with van der Waals surface area (Å²) >= 11 is 0. The summed E-state index contributed by atoms with van der Waals surface area (Å²) < 4.78 is 0. The summed E-state index contributed by atoms with van der Waals surface area (Å²) in [6, 6.07) is 10.4. The molecule has 0 saturated heterocycles. The van der Waals surface area contributed by atoms with Gasteiger partial charge in [-0.25, -0.2) is 0 Å². The molecular formula is C15H24N2O. The molecular weight excluding hydrogens is 224 g/mol. The zero-order valence-corrected chi connectivity index (χ0v) is 11.5. The zero-order chi connectivity index (χ0) is 13.2. The number of hydrogen-bond donors (Lipinski definition) is 1. The van der Waals surface area contributed by atoms with Crippen molar-refractivity contribution in [2.45, 2.75) is 26.7 Å². The van der Waals surface area contributed by atoms with Gasteiger partial charge in [0.15, 0.2) is 0 Å². The second-order valence-electron chi connectivity index (χ2n) is 4.40. The number of hydrogen-bond acceptors (Lipinski definition) is 2.